The van der Waals surface area contributed by atoms with Crippen LogP contribution < -0.4 is 5.73 Å². The number of aromatic nitrogens is 1. The molecule has 64 valence electrons. The number of rotatable bonds is 2. The molecule has 1 aromatic rings. The topological polar surface area (TPSA) is 62.8 Å². The highest BCUT2D eigenvalue weighted by Crippen LogP contribution is 2.14. The Kier molecular flexibility index (Phi) is 2.70. The number of hydrogen-bond acceptors (Lipinski definition) is 3. The van der Waals surface area contributed by atoms with Crippen molar-refractivity contribution in [1.29, 1.82) is 5.41 Å². The largest absolute Gasteiger partial charge is 0.384 e. The van der Waals surface area contributed by atoms with Crippen molar-refractivity contribution in [3.8, 4) is 0 Å². The Morgan fingerprint density at radius 2 is 2.25 bits per heavy atom. The molecule has 1 aromatic heterocycles. The monoisotopic (exact) mass is 181 g/mol. The van der Waals surface area contributed by atoms with E-state index in [0.29, 0.717) is 0 Å². The third-order valence-electron chi connectivity index (χ3n) is 1.45. The van der Waals surface area contributed by atoms with Crippen LogP contribution in [0.4, 0.5) is 0 Å². The molecule has 0 aliphatic rings. The van der Waals surface area contributed by atoms with Crippen molar-refractivity contribution in [2.24, 2.45) is 5.73 Å². The molecule has 1 heterocycles. The molecule has 1 rings (SSSR count). The van der Waals surface area contributed by atoms with E-state index in [1.165, 1.54) is 0 Å². The number of amidine groups is 1. The Hall–Kier alpha value is -1.03. The molecular weight excluding hydrogens is 170 g/mol. The van der Waals surface area contributed by atoms with Crippen LogP contribution in [0.5, 0.6) is 0 Å². The summed E-state index contributed by atoms with van der Waals surface area (Å²) in [6, 6.07) is 3.63. The summed E-state index contributed by atoms with van der Waals surface area (Å²) in [5.74, 6) is 0.0933. The summed E-state index contributed by atoms with van der Waals surface area (Å²) in [5.41, 5.74) is 6.99. The van der Waals surface area contributed by atoms with Gasteiger partial charge in [-0.15, -0.1) is 11.8 Å². The van der Waals surface area contributed by atoms with E-state index in [-0.39, 0.29) is 5.84 Å². The van der Waals surface area contributed by atoms with Crippen LogP contribution in [0.3, 0.4) is 0 Å². The molecule has 0 aromatic carbocycles. The number of pyridine rings is 1. The first-order valence-electron chi connectivity index (χ1n) is 3.50. The molecule has 3 nitrogen and oxygen atoms in total. The average Bonchev–Trinajstić information content (AvgIpc) is 2.03. The Labute approximate surface area is 75.9 Å². The first kappa shape index (κ1) is 9.06. The van der Waals surface area contributed by atoms with Gasteiger partial charge in [0, 0.05) is 11.3 Å². The van der Waals surface area contributed by atoms with Crippen LogP contribution in [0.2, 0.25) is 0 Å². The van der Waals surface area contributed by atoms with Crippen LogP contribution in [-0.4, -0.2) is 17.1 Å². The second-order valence-corrected chi connectivity index (χ2v) is 3.28. The first-order valence-corrected chi connectivity index (χ1v) is 4.73. The minimum Gasteiger partial charge on any atom is -0.384 e. The lowest BCUT2D eigenvalue weighted by molar-refractivity contribution is 1.06. The highest BCUT2D eigenvalue weighted by Gasteiger charge is 2.00. The maximum absolute atomic E-state index is 7.24. The molecule has 0 saturated heterocycles. The highest BCUT2D eigenvalue weighted by molar-refractivity contribution is 7.98. The maximum Gasteiger partial charge on any atom is 0.122 e. The van der Waals surface area contributed by atoms with Gasteiger partial charge >= 0.3 is 0 Å². The molecule has 12 heavy (non-hydrogen) atoms. The minimum atomic E-state index is 0.0933. The standard InChI is InChI=1S/C8H11N3S/c1-5-3-6(8(9)10)4-7(11-5)12-2/h3-4H,1-2H3,(H3,9,10). The van der Waals surface area contributed by atoms with E-state index in [9.17, 15) is 0 Å². The zero-order valence-electron chi connectivity index (χ0n) is 7.09. The lowest BCUT2D eigenvalue weighted by Gasteiger charge is -2.02. The molecule has 0 unspecified atom stereocenters. The summed E-state index contributed by atoms with van der Waals surface area (Å²) >= 11 is 1.55. The van der Waals surface area contributed by atoms with Crippen molar-refractivity contribution in [2.45, 2.75) is 11.9 Å². The third kappa shape index (κ3) is 1.98. The second kappa shape index (κ2) is 3.58. The zero-order valence-corrected chi connectivity index (χ0v) is 7.90. The zero-order chi connectivity index (χ0) is 9.14. The van der Waals surface area contributed by atoms with E-state index >= 15 is 0 Å². The number of nitrogens with two attached hydrogens (primary N) is 1. The predicted molar refractivity (Wildman–Crippen MR) is 51.8 cm³/mol. The van der Waals surface area contributed by atoms with Gasteiger partial charge in [0.05, 0.1) is 5.03 Å². The van der Waals surface area contributed by atoms with Crippen molar-refractivity contribution in [2.75, 3.05) is 6.26 Å². The summed E-state index contributed by atoms with van der Waals surface area (Å²) < 4.78 is 0. The normalized spacial score (nSPS) is 9.83. The summed E-state index contributed by atoms with van der Waals surface area (Å²) in [6.07, 6.45) is 1.95. The molecular formula is C8H11N3S. The Morgan fingerprint density at radius 3 is 2.75 bits per heavy atom. The molecule has 0 aliphatic carbocycles. The smallest absolute Gasteiger partial charge is 0.122 e. The molecule has 0 fully saturated rings. The number of aryl methyl sites for hydroxylation is 1. The van der Waals surface area contributed by atoms with Crippen LogP contribution in [-0.2, 0) is 0 Å². The fourth-order valence-electron chi connectivity index (χ4n) is 0.898. The molecule has 0 bridgehead atoms. The molecule has 0 radical (unpaired) electrons. The van der Waals surface area contributed by atoms with Crippen molar-refractivity contribution < 1.29 is 0 Å². The first-order chi connectivity index (χ1) is 5.63. The number of thioether (sulfide) groups is 1. The van der Waals surface area contributed by atoms with Crippen LogP contribution in [0.1, 0.15) is 11.3 Å². The van der Waals surface area contributed by atoms with E-state index < -0.39 is 0 Å². The van der Waals surface area contributed by atoms with Gasteiger partial charge in [0.2, 0.25) is 0 Å². The summed E-state index contributed by atoms with van der Waals surface area (Å²) in [4.78, 5) is 4.25. The van der Waals surface area contributed by atoms with Gasteiger partial charge in [-0.3, -0.25) is 5.41 Å². The van der Waals surface area contributed by atoms with E-state index in [4.69, 9.17) is 11.1 Å². The Bertz CT molecular complexity index is 309. The Balaban J connectivity index is 3.15. The van der Waals surface area contributed by atoms with E-state index in [1.807, 2.05) is 25.3 Å². The second-order valence-electron chi connectivity index (χ2n) is 2.45. The average molecular weight is 181 g/mol. The number of hydrogen-bond donors (Lipinski definition) is 2. The van der Waals surface area contributed by atoms with Gasteiger partial charge in [0.25, 0.3) is 0 Å². The van der Waals surface area contributed by atoms with E-state index in [0.717, 1.165) is 16.3 Å². The van der Waals surface area contributed by atoms with Gasteiger partial charge in [-0.1, -0.05) is 0 Å². The number of nitrogen functional groups attached to an aromatic ring is 1. The van der Waals surface area contributed by atoms with Crippen molar-refractivity contribution in [3.05, 3.63) is 23.4 Å². The molecule has 0 aliphatic heterocycles. The summed E-state index contributed by atoms with van der Waals surface area (Å²) in [7, 11) is 0. The van der Waals surface area contributed by atoms with Gasteiger partial charge in [0.1, 0.15) is 5.84 Å². The SMILES string of the molecule is CSc1cc(C(=N)N)cc(C)n1. The molecule has 0 atom stereocenters. The van der Waals surface area contributed by atoms with Crippen LogP contribution >= 0.6 is 11.8 Å². The van der Waals surface area contributed by atoms with Crippen LogP contribution in [0.25, 0.3) is 0 Å². The predicted octanol–water partition coefficient (Wildman–Crippen LogP) is 1.40. The van der Waals surface area contributed by atoms with Crippen LogP contribution in [0, 0.1) is 12.3 Å². The molecule has 4 heteroatoms. The quantitative estimate of drug-likeness (QED) is 0.412. The summed E-state index contributed by atoms with van der Waals surface area (Å²) in [5, 5.41) is 8.15. The summed E-state index contributed by atoms with van der Waals surface area (Å²) in [6.45, 7) is 1.90. The van der Waals surface area contributed by atoms with Gasteiger partial charge in [-0.2, -0.15) is 0 Å². The minimum absolute atomic E-state index is 0.0933. The fourth-order valence-corrected chi connectivity index (χ4v) is 1.38. The van der Waals surface area contributed by atoms with Crippen molar-refractivity contribution in [1.82, 2.24) is 4.98 Å². The van der Waals surface area contributed by atoms with Gasteiger partial charge in [-0.05, 0) is 25.3 Å². The number of nitrogens with zero attached hydrogens (tertiary/aromatic N) is 1. The number of nitrogens with one attached hydrogen (secondary N) is 1. The molecule has 0 amide bonds. The van der Waals surface area contributed by atoms with Gasteiger partial charge in [0.15, 0.2) is 0 Å². The van der Waals surface area contributed by atoms with Crippen molar-refractivity contribution in [3.63, 3.8) is 0 Å². The third-order valence-corrected chi connectivity index (χ3v) is 2.08. The lowest BCUT2D eigenvalue weighted by atomic mass is 10.2. The van der Waals surface area contributed by atoms with Gasteiger partial charge in [-0.25, -0.2) is 4.98 Å². The van der Waals surface area contributed by atoms with E-state index in [2.05, 4.69) is 4.98 Å². The Morgan fingerprint density at radius 1 is 1.58 bits per heavy atom. The van der Waals surface area contributed by atoms with Gasteiger partial charge < -0.3 is 5.73 Å². The van der Waals surface area contributed by atoms with Crippen molar-refractivity contribution >= 4 is 17.6 Å². The van der Waals surface area contributed by atoms with Crippen LogP contribution in [0.15, 0.2) is 17.2 Å². The van der Waals surface area contributed by atoms with E-state index in [1.54, 1.807) is 11.8 Å². The fraction of sp³-hybridized carbons (Fsp3) is 0.250. The highest BCUT2D eigenvalue weighted by atomic mass is 32.2. The maximum atomic E-state index is 7.24. The molecule has 0 saturated carbocycles. The molecule has 3 N–H and O–H groups in total. The lowest BCUT2D eigenvalue weighted by Crippen LogP contribution is -2.11. The molecule has 0 spiro atoms.